The molecule has 2 aromatic rings. The molecular formula is C16H24N4O4S. The van der Waals surface area contributed by atoms with Crippen molar-refractivity contribution in [3.05, 3.63) is 33.1 Å². The zero-order valence-corrected chi connectivity index (χ0v) is 15.9. The molecule has 2 rings (SSSR count). The van der Waals surface area contributed by atoms with Crippen LogP contribution in [0.3, 0.4) is 0 Å². The molecule has 0 radical (unpaired) electrons. The van der Waals surface area contributed by atoms with E-state index < -0.39 is 21.3 Å². The Balaban J connectivity index is 2.62. The first-order valence-corrected chi connectivity index (χ1v) is 9.57. The monoisotopic (exact) mass is 368 g/mol. The molecule has 0 spiro atoms. The van der Waals surface area contributed by atoms with Gasteiger partial charge in [0.05, 0.1) is 5.39 Å². The second kappa shape index (κ2) is 7.09. The normalized spacial score (nSPS) is 12.6. The molecule has 2 heterocycles. The number of aryl methyl sites for hydroxylation is 1. The van der Waals surface area contributed by atoms with E-state index in [2.05, 4.69) is 9.97 Å². The first kappa shape index (κ1) is 19.3. The van der Waals surface area contributed by atoms with Crippen molar-refractivity contribution >= 4 is 21.1 Å². The molecule has 0 amide bonds. The number of nitrogens with one attached hydrogen (secondary N) is 1. The summed E-state index contributed by atoms with van der Waals surface area (Å²) in [6, 6.07) is 1.28. The van der Waals surface area contributed by atoms with Crippen molar-refractivity contribution in [1.29, 1.82) is 0 Å². The highest BCUT2D eigenvalue weighted by molar-refractivity contribution is 7.89. The SMILES string of the molecule is CC(C)CN(CC(C)C)S(=O)(=O)c1cnc2c(c1)c(=O)[nH]c(=O)n2C. The molecule has 2 aromatic heterocycles. The van der Waals surface area contributed by atoms with Gasteiger partial charge >= 0.3 is 5.69 Å². The van der Waals surface area contributed by atoms with Crippen LogP contribution in [0.5, 0.6) is 0 Å². The lowest BCUT2D eigenvalue weighted by Crippen LogP contribution is -2.37. The number of sulfonamides is 1. The van der Waals surface area contributed by atoms with E-state index in [1.807, 2.05) is 27.7 Å². The molecule has 0 aliphatic rings. The lowest BCUT2D eigenvalue weighted by Gasteiger charge is -2.25. The second-order valence-electron chi connectivity index (χ2n) is 6.97. The third-order valence-electron chi connectivity index (χ3n) is 3.70. The fraction of sp³-hybridized carbons (Fsp3) is 0.562. The number of rotatable bonds is 6. The third kappa shape index (κ3) is 3.98. The minimum Gasteiger partial charge on any atom is -0.281 e. The number of fused-ring (bicyclic) bond motifs is 1. The van der Waals surface area contributed by atoms with Gasteiger partial charge in [-0.05, 0) is 17.9 Å². The average Bonchev–Trinajstić information content (AvgIpc) is 2.50. The summed E-state index contributed by atoms with van der Waals surface area (Å²) in [5, 5.41) is 0.0669. The molecule has 1 N–H and O–H groups in total. The minimum atomic E-state index is -3.79. The topological polar surface area (TPSA) is 105 Å². The van der Waals surface area contributed by atoms with Crippen LogP contribution in [-0.2, 0) is 17.1 Å². The number of aromatic amines is 1. The van der Waals surface area contributed by atoms with Crippen LogP contribution in [-0.4, -0.2) is 40.3 Å². The summed E-state index contributed by atoms with van der Waals surface area (Å²) in [5.74, 6) is 0.317. The largest absolute Gasteiger partial charge is 0.329 e. The Labute approximate surface area is 146 Å². The van der Waals surface area contributed by atoms with E-state index in [0.717, 1.165) is 0 Å². The fourth-order valence-corrected chi connectivity index (χ4v) is 4.33. The number of hydrogen-bond acceptors (Lipinski definition) is 5. The smallest absolute Gasteiger partial charge is 0.281 e. The Bertz CT molecular complexity index is 979. The Kier molecular flexibility index (Phi) is 5.48. The molecule has 0 aliphatic carbocycles. The van der Waals surface area contributed by atoms with Gasteiger partial charge in [-0.1, -0.05) is 27.7 Å². The number of nitrogens with zero attached hydrogens (tertiary/aromatic N) is 3. The Hall–Kier alpha value is -2.00. The number of H-pyrrole nitrogens is 1. The predicted octanol–water partition coefficient (Wildman–Crippen LogP) is 0.924. The summed E-state index contributed by atoms with van der Waals surface area (Å²) in [6.45, 7) is 8.54. The summed E-state index contributed by atoms with van der Waals surface area (Å²) < 4.78 is 28.6. The standard InChI is InChI=1S/C16H24N4O4S/c1-10(2)8-20(9-11(3)4)25(23,24)12-6-13-14(17-7-12)19(5)16(22)18-15(13)21/h6-7,10-11H,8-9H2,1-5H3,(H,18,21,22). The first-order chi connectivity index (χ1) is 11.5. The predicted molar refractivity (Wildman–Crippen MR) is 96.0 cm³/mol. The van der Waals surface area contributed by atoms with Crippen molar-refractivity contribution in [2.45, 2.75) is 32.6 Å². The number of hydrogen-bond donors (Lipinski definition) is 1. The van der Waals surface area contributed by atoms with Crippen LogP contribution in [0.4, 0.5) is 0 Å². The molecular weight excluding hydrogens is 344 g/mol. The Morgan fingerprint density at radius 3 is 2.24 bits per heavy atom. The Morgan fingerprint density at radius 1 is 1.16 bits per heavy atom. The van der Waals surface area contributed by atoms with E-state index in [1.54, 1.807) is 0 Å². The number of aromatic nitrogens is 3. The van der Waals surface area contributed by atoms with E-state index in [4.69, 9.17) is 0 Å². The molecule has 0 atom stereocenters. The van der Waals surface area contributed by atoms with Crippen molar-refractivity contribution in [1.82, 2.24) is 18.8 Å². The Morgan fingerprint density at radius 2 is 1.72 bits per heavy atom. The highest BCUT2D eigenvalue weighted by atomic mass is 32.2. The zero-order chi connectivity index (χ0) is 18.9. The van der Waals surface area contributed by atoms with E-state index in [9.17, 15) is 18.0 Å². The number of pyridine rings is 1. The van der Waals surface area contributed by atoms with Gasteiger partial charge in [-0.3, -0.25) is 14.3 Å². The van der Waals surface area contributed by atoms with Crippen LogP contribution in [0.25, 0.3) is 11.0 Å². The van der Waals surface area contributed by atoms with Crippen molar-refractivity contribution in [2.75, 3.05) is 13.1 Å². The van der Waals surface area contributed by atoms with Crippen LogP contribution in [0.15, 0.2) is 26.7 Å². The van der Waals surface area contributed by atoms with E-state index in [-0.39, 0.29) is 27.8 Å². The van der Waals surface area contributed by atoms with Gasteiger partial charge in [-0.15, -0.1) is 0 Å². The van der Waals surface area contributed by atoms with Gasteiger partial charge in [0.25, 0.3) is 5.56 Å². The van der Waals surface area contributed by atoms with Crippen LogP contribution in [0.2, 0.25) is 0 Å². The van der Waals surface area contributed by atoms with Crippen LogP contribution in [0.1, 0.15) is 27.7 Å². The molecule has 138 valence electrons. The first-order valence-electron chi connectivity index (χ1n) is 8.13. The summed E-state index contributed by atoms with van der Waals surface area (Å²) in [6.07, 6.45) is 1.20. The maximum absolute atomic E-state index is 13.0. The summed E-state index contributed by atoms with van der Waals surface area (Å²) >= 11 is 0. The summed E-state index contributed by atoms with van der Waals surface area (Å²) in [4.78, 5) is 29.8. The molecule has 0 unspecified atom stereocenters. The van der Waals surface area contributed by atoms with Crippen LogP contribution in [0, 0.1) is 11.8 Å². The van der Waals surface area contributed by atoms with Gasteiger partial charge in [0, 0.05) is 26.3 Å². The lowest BCUT2D eigenvalue weighted by molar-refractivity contribution is 0.333. The van der Waals surface area contributed by atoms with E-state index in [0.29, 0.717) is 13.1 Å². The third-order valence-corrected chi connectivity index (χ3v) is 5.50. The molecule has 25 heavy (non-hydrogen) atoms. The molecule has 0 saturated heterocycles. The van der Waals surface area contributed by atoms with Crippen LogP contribution < -0.4 is 11.2 Å². The zero-order valence-electron chi connectivity index (χ0n) is 15.1. The highest BCUT2D eigenvalue weighted by Gasteiger charge is 2.27. The van der Waals surface area contributed by atoms with Crippen molar-refractivity contribution in [2.24, 2.45) is 18.9 Å². The van der Waals surface area contributed by atoms with Crippen LogP contribution >= 0.6 is 0 Å². The molecule has 0 fully saturated rings. The lowest BCUT2D eigenvalue weighted by atomic mass is 10.2. The van der Waals surface area contributed by atoms with Gasteiger partial charge in [0.2, 0.25) is 10.0 Å². The summed E-state index contributed by atoms with van der Waals surface area (Å²) in [5.41, 5.74) is -1.10. The average molecular weight is 368 g/mol. The highest BCUT2D eigenvalue weighted by Crippen LogP contribution is 2.20. The van der Waals surface area contributed by atoms with Gasteiger partial charge in [-0.2, -0.15) is 4.31 Å². The van der Waals surface area contributed by atoms with E-state index >= 15 is 0 Å². The quantitative estimate of drug-likeness (QED) is 0.816. The van der Waals surface area contributed by atoms with Crippen molar-refractivity contribution in [3.8, 4) is 0 Å². The van der Waals surface area contributed by atoms with Crippen molar-refractivity contribution in [3.63, 3.8) is 0 Å². The second-order valence-corrected chi connectivity index (χ2v) is 8.91. The van der Waals surface area contributed by atoms with Gasteiger partial charge in [0.1, 0.15) is 10.5 Å². The molecule has 8 nitrogen and oxygen atoms in total. The van der Waals surface area contributed by atoms with Gasteiger partial charge < -0.3 is 0 Å². The maximum atomic E-state index is 13.0. The van der Waals surface area contributed by atoms with Crippen molar-refractivity contribution < 1.29 is 8.42 Å². The molecule has 0 aliphatic heterocycles. The van der Waals surface area contributed by atoms with Gasteiger partial charge in [-0.25, -0.2) is 18.2 Å². The molecule has 0 bridgehead atoms. The minimum absolute atomic E-state index is 0.0505. The van der Waals surface area contributed by atoms with E-state index in [1.165, 1.54) is 28.2 Å². The fourth-order valence-electron chi connectivity index (χ4n) is 2.59. The molecule has 0 saturated carbocycles. The maximum Gasteiger partial charge on any atom is 0.329 e. The summed E-state index contributed by atoms with van der Waals surface area (Å²) in [7, 11) is -2.33. The molecule has 9 heteroatoms. The van der Waals surface area contributed by atoms with Gasteiger partial charge in [0.15, 0.2) is 0 Å². The molecule has 0 aromatic carbocycles.